The summed E-state index contributed by atoms with van der Waals surface area (Å²) in [5.74, 6) is 1.93. The van der Waals surface area contributed by atoms with E-state index in [1.165, 1.54) is 25.7 Å². The van der Waals surface area contributed by atoms with Crippen molar-refractivity contribution >= 4 is 0 Å². The van der Waals surface area contributed by atoms with E-state index in [2.05, 4.69) is 26.1 Å². The van der Waals surface area contributed by atoms with E-state index in [4.69, 9.17) is 9.15 Å². The zero-order valence-electron chi connectivity index (χ0n) is 12.5. The highest BCUT2D eigenvalue weighted by molar-refractivity contribution is 5.06. The Morgan fingerprint density at radius 2 is 1.95 bits per heavy atom. The second kappa shape index (κ2) is 6.58. The van der Waals surface area contributed by atoms with Gasteiger partial charge in [-0.2, -0.15) is 0 Å². The van der Waals surface area contributed by atoms with Crippen LogP contribution in [0.15, 0.2) is 16.5 Å². The van der Waals surface area contributed by atoms with Crippen molar-refractivity contribution in [3.8, 4) is 0 Å². The summed E-state index contributed by atoms with van der Waals surface area (Å²) in [7, 11) is 0. The van der Waals surface area contributed by atoms with E-state index in [0.29, 0.717) is 18.1 Å². The molecule has 1 fully saturated rings. The smallest absolute Gasteiger partial charge is 0.129 e. The Balaban J connectivity index is 1.72. The highest BCUT2D eigenvalue weighted by atomic mass is 16.5. The van der Waals surface area contributed by atoms with E-state index in [-0.39, 0.29) is 0 Å². The lowest BCUT2D eigenvalue weighted by Gasteiger charge is -2.33. The third kappa shape index (κ3) is 4.66. The van der Waals surface area contributed by atoms with Crippen molar-refractivity contribution in [2.75, 3.05) is 6.54 Å². The van der Waals surface area contributed by atoms with Gasteiger partial charge in [0.15, 0.2) is 0 Å². The van der Waals surface area contributed by atoms with Gasteiger partial charge >= 0.3 is 0 Å². The molecule has 2 rings (SSSR count). The number of rotatable bonds is 6. The Morgan fingerprint density at radius 3 is 2.63 bits per heavy atom. The Labute approximate surface area is 116 Å². The summed E-state index contributed by atoms with van der Waals surface area (Å²) >= 11 is 0. The normalized spacial score (nSPS) is 19.7. The molecular formula is C16H27NO2. The molecule has 0 aliphatic heterocycles. The van der Waals surface area contributed by atoms with Crippen LogP contribution in [0.2, 0.25) is 0 Å². The maximum absolute atomic E-state index is 5.97. The van der Waals surface area contributed by atoms with Gasteiger partial charge in [0, 0.05) is 0 Å². The van der Waals surface area contributed by atoms with Crippen LogP contribution >= 0.6 is 0 Å². The summed E-state index contributed by atoms with van der Waals surface area (Å²) in [6, 6.07) is 4.06. The number of nitrogens with one attached hydrogen (secondary N) is 1. The monoisotopic (exact) mass is 265 g/mol. The summed E-state index contributed by atoms with van der Waals surface area (Å²) in [5.41, 5.74) is 0.504. The number of hydrogen-bond donors (Lipinski definition) is 1. The molecule has 0 spiro atoms. The first-order chi connectivity index (χ1) is 9.09. The molecule has 108 valence electrons. The molecular weight excluding hydrogens is 238 g/mol. The van der Waals surface area contributed by atoms with E-state index < -0.39 is 0 Å². The Morgan fingerprint density at radius 1 is 1.26 bits per heavy atom. The van der Waals surface area contributed by atoms with Crippen LogP contribution in [0.25, 0.3) is 0 Å². The summed E-state index contributed by atoms with van der Waals surface area (Å²) in [4.78, 5) is 0. The maximum Gasteiger partial charge on any atom is 0.129 e. The Kier molecular flexibility index (Phi) is 5.06. The van der Waals surface area contributed by atoms with Gasteiger partial charge in [-0.15, -0.1) is 0 Å². The molecule has 1 aliphatic rings. The summed E-state index contributed by atoms with van der Waals surface area (Å²) < 4.78 is 11.7. The van der Waals surface area contributed by atoms with E-state index in [9.17, 15) is 0 Å². The zero-order chi connectivity index (χ0) is 13.7. The molecule has 1 aliphatic carbocycles. The lowest BCUT2D eigenvalue weighted by atomic mass is 9.76. The molecule has 1 N–H and O–H groups in total. The van der Waals surface area contributed by atoms with Crippen LogP contribution in [0, 0.1) is 5.41 Å². The van der Waals surface area contributed by atoms with E-state index in [1.54, 1.807) is 0 Å². The molecule has 0 radical (unpaired) electrons. The predicted molar refractivity (Wildman–Crippen MR) is 76.9 cm³/mol. The average Bonchev–Trinajstić information content (AvgIpc) is 2.83. The molecule has 3 heteroatoms. The maximum atomic E-state index is 5.97. The average molecular weight is 265 g/mol. The predicted octanol–water partition coefficient (Wildman–Crippen LogP) is 3.87. The van der Waals surface area contributed by atoms with Crippen LogP contribution in [-0.2, 0) is 17.9 Å². The van der Waals surface area contributed by atoms with Gasteiger partial charge in [0.1, 0.15) is 18.1 Å². The van der Waals surface area contributed by atoms with Crippen LogP contribution in [0.4, 0.5) is 0 Å². The van der Waals surface area contributed by atoms with Crippen molar-refractivity contribution in [2.24, 2.45) is 5.41 Å². The van der Waals surface area contributed by atoms with Gasteiger partial charge < -0.3 is 14.5 Å². The molecule has 19 heavy (non-hydrogen) atoms. The largest absolute Gasteiger partial charge is 0.462 e. The fraction of sp³-hybridized carbons (Fsp3) is 0.750. The van der Waals surface area contributed by atoms with E-state index >= 15 is 0 Å². The molecule has 0 saturated heterocycles. The first kappa shape index (κ1) is 14.6. The SMILES string of the molecule is CCNCc1ccc(COC2CCC(C)(C)CC2)o1. The van der Waals surface area contributed by atoms with Crippen molar-refractivity contribution < 1.29 is 9.15 Å². The minimum absolute atomic E-state index is 0.412. The van der Waals surface area contributed by atoms with Crippen molar-refractivity contribution in [1.29, 1.82) is 0 Å². The number of ether oxygens (including phenoxy) is 1. The van der Waals surface area contributed by atoms with Gasteiger partial charge in [0.05, 0.1) is 12.6 Å². The fourth-order valence-electron chi connectivity index (χ4n) is 2.58. The topological polar surface area (TPSA) is 34.4 Å². The van der Waals surface area contributed by atoms with Gasteiger partial charge in [0.2, 0.25) is 0 Å². The van der Waals surface area contributed by atoms with Crippen LogP contribution in [0.5, 0.6) is 0 Å². The summed E-state index contributed by atoms with van der Waals surface area (Å²) in [6.45, 7) is 9.17. The summed E-state index contributed by atoms with van der Waals surface area (Å²) in [5, 5.41) is 3.26. The first-order valence-electron chi connectivity index (χ1n) is 7.49. The minimum atomic E-state index is 0.412. The summed E-state index contributed by atoms with van der Waals surface area (Å²) in [6.07, 6.45) is 5.30. The van der Waals surface area contributed by atoms with Crippen LogP contribution in [0.3, 0.4) is 0 Å². The van der Waals surface area contributed by atoms with Gasteiger partial charge in [-0.25, -0.2) is 0 Å². The third-order valence-corrected chi connectivity index (χ3v) is 4.01. The van der Waals surface area contributed by atoms with Crippen molar-refractivity contribution in [1.82, 2.24) is 5.32 Å². The molecule has 0 amide bonds. The molecule has 1 aromatic heterocycles. The fourth-order valence-corrected chi connectivity index (χ4v) is 2.58. The lowest BCUT2D eigenvalue weighted by molar-refractivity contribution is -0.0123. The standard InChI is InChI=1S/C16H27NO2/c1-4-17-11-14-5-6-15(19-14)12-18-13-7-9-16(2,3)10-8-13/h5-6,13,17H,4,7-12H2,1-3H3. The minimum Gasteiger partial charge on any atom is -0.462 e. The number of hydrogen-bond acceptors (Lipinski definition) is 3. The Hall–Kier alpha value is -0.800. The van der Waals surface area contributed by atoms with E-state index in [1.807, 2.05) is 12.1 Å². The highest BCUT2D eigenvalue weighted by Crippen LogP contribution is 2.36. The van der Waals surface area contributed by atoms with Crippen molar-refractivity contribution in [2.45, 2.75) is 65.7 Å². The first-order valence-corrected chi connectivity index (χ1v) is 7.49. The van der Waals surface area contributed by atoms with Gasteiger partial charge in [-0.05, 0) is 49.8 Å². The van der Waals surface area contributed by atoms with Crippen LogP contribution < -0.4 is 5.32 Å². The van der Waals surface area contributed by atoms with E-state index in [0.717, 1.165) is 24.6 Å². The Bertz CT molecular complexity index is 374. The third-order valence-electron chi connectivity index (χ3n) is 4.01. The molecule has 0 aromatic carbocycles. The van der Waals surface area contributed by atoms with Crippen LogP contribution in [0.1, 0.15) is 58.0 Å². The van der Waals surface area contributed by atoms with Crippen molar-refractivity contribution in [3.05, 3.63) is 23.7 Å². The molecule has 0 bridgehead atoms. The quantitative estimate of drug-likeness (QED) is 0.847. The molecule has 3 nitrogen and oxygen atoms in total. The molecule has 1 saturated carbocycles. The highest BCUT2D eigenvalue weighted by Gasteiger charge is 2.27. The molecule has 1 heterocycles. The molecule has 0 unspecified atom stereocenters. The second-order valence-electron chi connectivity index (χ2n) is 6.32. The van der Waals surface area contributed by atoms with Gasteiger partial charge in [0.25, 0.3) is 0 Å². The van der Waals surface area contributed by atoms with Gasteiger partial charge in [-0.1, -0.05) is 20.8 Å². The molecule has 0 atom stereocenters. The van der Waals surface area contributed by atoms with Gasteiger partial charge in [-0.3, -0.25) is 0 Å². The zero-order valence-corrected chi connectivity index (χ0v) is 12.5. The second-order valence-corrected chi connectivity index (χ2v) is 6.32. The van der Waals surface area contributed by atoms with Crippen LogP contribution in [-0.4, -0.2) is 12.6 Å². The lowest BCUT2D eigenvalue weighted by Crippen LogP contribution is -2.26. The number of furan rings is 1. The van der Waals surface area contributed by atoms with Crippen molar-refractivity contribution in [3.63, 3.8) is 0 Å². The molecule has 1 aromatic rings.